The van der Waals surface area contributed by atoms with Crippen LogP contribution in [0, 0.1) is 17.5 Å². The average molecular weight is 309 g/mol. The number of halogens is 3. The maximum Gasteiger partial charge on any atom is 0.258 e. The van der Waals surface area contributed by atoms with Gasteiger partial charge in [0, 0.05) is 6.07 Å². The van der Waals surface area contributed by atoms with Gasteiger partial charge in [-0.1, -0.05) is 12.1 Å². The number of rotatable bonds is 5. The fraction of sp³-hybridized carbons (Fsp3) is 0.188. The van der Waals surface area contributed by atoms with Gasteiger partial charge in [0.25, 0.3) is 5.91 Å². The molecule has 2 rings (SSSR count). The summed E-state index contributed by atoms with van der Waals surface area (Å²) in [4.78, 5) is 11.7. The quantitative estimate of drug-likeness (QED) is 0.920. The van der Waals surface area contributed by atoms with E-state index in [1.807, 2.05) is 0 Å². The van der Waals surface area contributed by atoms with Crippen LogP contribution in [0.2, 0.25) is 0 Å². The third kappa shape index (κ3) is 4.25. The number of carbonyl (C=O) groups is 1. The van der Waals surface area contributed by atoms with Crippen LogP contribution in [0.15, 0.2) is 42.5 Å². The molecule has 0 aromatic heterocycles. The van der Waals surface area contributed by atoms with Crippen LogP contribution in [-0.2, 0) is 4.79 Å². The highest BCUT2D eigenvalue weighted by atomic mass is 19.2. The van der Waals surface area contributed by atoms with Crippen molar-refractivity contribution in [1.82, 2.24) is 5.32 Å². The Labute approximate surface area is 125 Å². The van der Waals surface area contributed by atoms with Crippen molar-refractivity contribution in [3.8, 4) is 5.75 Å². The summed E-state index contributed by atoms with van der Waals surface area (Å²) in [5, 5.41) is 2.66. The molecule has 22 heavy (non-hydrogen) atoms. The van der Waals surface area contributed by atoms with E-state index < -0.39 is 17.5 Å². The zero-order chi connectivity index (χ0) is 16.1. The lowest BCUT2D eigenvalue weighted by Crippen LogP contribution is -2.31. The molecular formula is C16H14F3NO2. The summed E-state index contributed by atoms with van der Waals surface area (Å²) in [6, 6.07) is 8.42. The Balaban J connectivity index is 1.87. The molecule has 1 N–H and O–H groups in total. The van der Waals surface area contributed by atoms with Crippen molar-refractivity contribution >= 4 is 5.91 Å². The highest BCUT2D eigenvalue weighted by molar-refractivity contribution is 5.78. The normalized spacial score (nSPS) is 11.8. The highest BCUT2D eigenvalue weighted by Crippen LogP contribution is 2.16. The van der Waals surface area contributed by atoms with E-state index in [4.69, 9.17) is 4.74 Å². The zero-order valence-electron chi connectivity index (χ0n) is 11.8. The summed E-state index contributed by atoms with van der Waals surface area (Å²) in [6.45, 7) is 1.40. The fourth-order valence-electron chi connectivity index (χ4n) is 1.83. The molecule has 1 atom stereocenters. The second-order valence-electron chi connectivity index (χ2n) is 4.71. The van der Waals surface area contributed by atoms with Crippen LogP contribution in [0.1, 0.15) is 18.5 Å². The zero-order valence-corrected chi connectivity index (χ0v) is 11.8. The molecular weight excluding hydrogens is 295 g/mol. The maximum atomic E-state index is 13.0. The Hall–Kier alpha value is -2.50. The summed E-state index contributed by atoms with van der Waals surface area (Å²) in [5.74, 6) is -2.76. The molecule has 1 amide bonds. The molecule has 0 aliphatic rings. The molecule has 0 saturated carbocycles. The highest BCUT2D eigenvalue weighted by Gasteiger charge is 2.11. The number of nitrogens with one attached hydrogen (secondary N) is 1. The van der Waals surface area contributed by atoms with E-state index in [0.29, 0.717) is 0 Å². The van der Waals surface area contributed by atoms with Gasteiger partial charge in [-0.15, -0.1) is 0 Å². The van der Waals surface area contributed by atoms with Crippen molar-refractivity contribution in [3.05, 3.63) is 65.5 Å². The second kappa shape index (κ2) is 6.98. The van der Waals surface area contributed by atoms with Gasteiger partial charge in [-0.3, -0.25) is 4.79 Å². The lowest BCUT2D eigenvalue weighted by Gasteiger charge is -2.14. The van der Waals surface area contributed by atoms with Crippen molar-refractivity contribution < 1.29 is 22.7 Å². The first-order valence-corrected chi connectivity index (χ1v) is 6.58. The molecule has 6 heteroatoms. The van der Waals surface area contributed by atoms with Gasteiger partial charge in [0.1, 0.15) is 11.6 Å². The molecule has 3 nitrogen and oxygen atoms in total. The summed E-state index contributed by atoms with van der Waals surface area (Å²) >= 11 is 0. The van der Waals surface area contributed by atoms with E-state index in [1.54, 1.807) is 19.1 Å². The van der Waals surface area contributed by atoms with E-state index in [2.05, 4.69) is 5.32 Å². The van der Waals surface area contributed by atoms with Gasteiger partial charge in [0.15, 0.2) is 18.2 Å². The topological polar surface area (TPSA) is 38.3 Å². The van der Waals surface area contributed by atoms with E-state index in [0.717, 1.165) is 17.7 Å². The molecule has 0 saturated heterocycles. The van der Waals surface area contributed by atoms with Gasteiger partial charge in [0.05, 0.1) is 6.04 Å². The SMILES string of the molecule is CC(NC(=O)COc1ccc(F)c(F)c1)c1ccc(F)cc1. The molecule has 0 fully saturated rings. The number of hydrogen-bond acceptors (Lipinski definition) is 2. The first-order chi connectivity index (χ1) is 10.5. The monoisotopic (exact) mass is 309 g/mol. The van der Waals surface area contributed by atoms with Crippen molar-refractivity contribution in [2.45, 2.75) is 13.0 Å². The Morgan fingerprint density at radius 1 is 1.09 bits per heavy atom. The largest absolute Gasteiger partial charge is 0.484 e. The summed E-state index contributed by atoms with van der Waals surface area (Å²) in [6.07, 6.45) is 0. The number of ether oxygens (including phenoxy) is 1. The van der Waals surface area contributed by atoms with Crippen molar-refractivity contribution in [3.63, 3.8) is 0 Å². The molecule has 0 aliphatic heterocycles. The van der Waals surface area contributed by atoms with Crippen LogP contribution in [0.3, 0.4) is 0 Å². The number of hydrogen-bond donors (Lipinski definition) is 1. The van der Waals surface area contributed by atoms with E-state index in [1.165, 1.54) is 18.2 Å². The van der Waals surface area contributed by atoms with Crippen LogP contribution >= 0.6 is 0 Å². The van der Waals surface area contributed by atoms with Crippen molar-refractivity contribution in [1.29, 1.82) is 0 Å². The standard InChI is InChI=1S/C16H14F3NO2/c1-10(11-2-4-12(17)5-3-11)20-16(21)9-22-13-6-7-14(18)15(19)8-13/h2-8,10H,9H2,1H3,(H,20,21). The Morgan fingerprint density at radius 2 is 1.77 bits per heavy atom. The van der Waals surface area contributed by atoms with E-state index in [-0.39, 0.29) is 24.2 Å². The van der Waals surface area contributed by atoms with Gasteiger partial charge >= 0.3 is 0 Å². The molecule has 0 bridgehead atoms. The average Bonchev–Trinajstić information content (AvgIpc) is 2.49. The fourth-order valence-corrected chi connectivity index (χ4v) is 1.83. The molecule has 116 valence electrons. The maximum absolute atomic E-state index is 13.0. The number of amides is 1. The van der Waals surface area contributed by atoms with Crippen LogP contribution in [0.25, 0.3) is 0 Å². The van der Waals surface area contributed by atoms with Crippen LogP contribution in [0.5, 0.6) is 5.75 Å². The Bertz CT molecular complexity index is 659. The lowest BCUT2D eigenvalue weighted by atomic mass is 10.1. The van der Waals surface area contributed by atoms with Crippen LogP contribution < -0.4 is 10.1 Å². The minimum Gasteiger partial charge on any atom is -0.484 e. The molecule has 2 aromatic carbocycles. The smallest absolute Gasteiger partial charge is 0.258 e. The van der Waals surface area contributed by atoms with Gasteiger partial charge in [-0.05, 0) is 36.8 Å². The minimum absolute atomic E-state index is 0.0588. The third-order valence-electron chi connectivity index (χ3n) is 3.01. The molecule has 2 aromatic rings. The minimum atomic E-state index is -1.04. The first kappa shape index (κ1) is 15.9. The summed E-state index contributed by atoms with van der Waals surface area (Å²) < 4.78 is 43.6. The van der Waals surface area contributed by atoms with Crippen LogP contribution in [0.4, 0.5) is 13.2 Å². The van der Waals surface area contributed by atoms with Crippen molar-refractivity contribution in [2.75, 3.05) is 6.61 Å². The van der Waals surface area contributed by atoms with Gasteiger partial charge in [-0.2, -0.15) is 0 Å². The Morgan fingerprint density at radius 3 is 2.41 bits per heavy atom. The molecule has 0 heterocycles. The van der Waals surface area contributed by atoms with Crippen molar-refractivity contribution in [2.24, 2.45) is 0 Å². The van der Waals surface area contributed by atoms with Gasteiger partial charge in [-0.25, -0.2) is 13.2 Å². The third-order valence-corrected chi connectivity index (χ3v) is 3.01. The van der Waals surface area contributed by atoms with Gasteiger partial charge in [0.2, 0.25) is 0 Å². The number of benzene rings is 2. The summed E-state index contributed by atoms with van der Waals surface area (Å²) in [5.41, 5.74) is 0.738. The molecule has 0 spiro atoms. The molecule has 0 aliphatic carbocycles. The van der Waals surface area contributed by atoms with E-state index >= 15 is 0 Å². The lowest BCUT2D eigenvalue weighted by molar-refractivity contribution is -0.123. The first-order valence-electron chi connectivity index (χ1n) is 6.58. The summed E-state index contributed by atoms with van der Waals surface area (Å²) in [7, 11) is 0. The predicted octanol–water partition coefficient (Wildman–Crippen LogP) is 3.36. The number of carbonyl (C=O) groups excluding carboxylic acids is 1. The van der Waals surface area contributed by atoms with Crippen LogP contribution in [-0.4, -0.2) is 12.5 Å². The second-order valence-corrected chi connectivity index (χ2v) is 4.71. The van der Waals surface area contributed by atoms with Gasteiger partial charge < -0.3 is 10.1 Å². The molecule has 0 radical (unpaired) electrons. The molecule has 1 unspecified atom stereocenters. The van der Waals surface area contributed by atoms with E-state index in [9.17, 15) is 18.0 Å². The Kier molecular flexibility index (Phi) is 5.04. The predicted molar refractivity (Wildman–Crippen MR) is 74.8 cm³/mol.